The van der Waals surface area contributed by atoms with Crippen molar-refractivity contribution in [1.29, 1.82) is 0 Å². The summed E-state index contributed by atoms with van der Waals surface area (Å²) in [4.78, 5) is 2.20. The largest absolute Gasteiger partial charge is 0.508 e. The van der Waals surface area contributed by atoms with Crippen LogP contribution in [0.4, 0.5) is 4.39 Å². The van der Waals surface area contributed by atoms with Gasteiger partial charge in [0.2, 0.25) is 0 Å². The molecule has 5 rings (SSSR count). The normalized spacial score (nSPS) is 18.1. The Hall–Kier alpha value is -3.35. The molecule has 5 nitrogen and oxygen atoms in total. The Bertz CT molecular complexity index is 1220. The number of halogens is 1. The van der Waals surface area contributed by atoms with Crippen molar-refractivity contribution >= 4 is 11.1 Å². The van der Waals surface area contributed by atoms with Crippen molar-refractivity contribution in [3.05, 3.63) is 89.0 Å². The maximum Gasteiger partial charge on any atom is 0.150 e. The average molecular weight is 476 g/mol. The number of aliphatic hydroxyl groups excluding tert-OH is 1. The van der Waals surface area contributed by atoms with Crippen LogP contribution in [0.15, 0.2) is 66.7 Å². The first-order valence-electron chi connectivity index (χ1n) is 12.0. The number of hydrogen-bond acceptors (Lipinski definition) is 5. The Labute approximate surface area is 205 Å². The van der Waals surface area contributed by atoms with Gasteiger partial charge in [0.15, 0.2) is 0 Å². The molecule has 6 heteroatoms. The maximum atomic E-state index is 12.6. The molecule has 2 aliphatic heterocycles. The highest BCUT2D eigenvalue weighted by Crippen LogP contribution is 2.47. The number of likely N-dealkylation sites (tertiary alicyclic amines) is 1. The van der Waals surface area contributed by atoms with E-state index in [0.717, 1.165) is 58.8 Å². The fourth-order valence-corrected chi connectivity index (χ4v) is 4.87. The number of ether oxygens (including phenoxy) is 2. The van der Waals surface area contributed by atoms with Gasteiger partial charge in [0.05, 0.1) is 13.3 Å². The minimum Gasteiger partial charge on any atom is -0.508 e. The van der Waals surface area contributed by atoms with E-state index in [1.807, 2.05) is 55.5 Å². The van der Waals surface area contributed by atoms with Gasteiger partial charge in [-0.15, -0.1) is 0 Å². The summed E-state index contributed by atoms with van der Waals surface area (Å²) in [5.74, 6) is 1.87. The maximum absolute atomic E-state index is 12.6. The van der Waals surface area contributed by atoms with Crippen molar-refractivity contribution in [2.24, 2.45) is 5.92 Å². The molecule has 1 fully saturated rings. The number of nitrogens with zero attached hydrogens (tertiary/aromatic N) is 1. The molecular formula is C29H30FNO4. The van der Waals surface area contributed by atoms with Crippen molar-refractivity contribution in [2.75, 3.05) is 32.9 Å². The number of hydrogen-bond donors (Lipinski definition) is 2. The molecule has 0 radical (unpaired) electrons. The summed E-state index contributed by atoms with van der Waals surface area (Å²) in [6.45, 7) is 4.73. The second-order valence-electron chi connectivity index (χ2n) is 9.27. The lowest BCUT2D eigenvalue weighted by atomic mass is 9.85. The molecule has 2 N–H and O–H groups in total. The van der Waals surface area contributed by atoms with Crippen LogP contribution in [0.25, 0.3) is 11.1 Å². The summed E-state index contributed by atoms with van der Waals surface area (Å²) in [5.41, 5.74) is 5.64. The van der Waals surface area contributed by atoms with Crippen LogP contribution in [-0.4, -0.2) is 48.0 Å². The van der Waals surface area contributed by atoms with Gasteiger partial charge < -0.3 is 19.7 Å². The van der Waals surface area contributed by atoms with Gasteiger partial charge in [-0.1, -0.05) is 30.3 Å². The van der Waals surface area contributed by atoms with Crippen LogP contribution in [0.3, 0.4) is 0 Å². The smallest absolute Gasteiger partial charge is 0.150 e. The molecule has 1 atom stereocenters. The number of alkyl halides is 1. The topological polar surface area (TPSA) is 62.2 Å². The van der Waals surface area contributed by atoms with Crippen LogP contribution < -0.4 is 9.47 Å². The molecule has 182 valence electrons. The van der Waals surface area contributed by atoms with Crippen LogP contribution in [0.1, 0.15) is 35.3 Å². The third-order valence-corrected chi connectivity index (χ3v) is 6.81. The summed E-state index contributed by atoms with van der Waals surface area (Å²) in [6.07, 6.45) is -0.353. The van der Waals surface area contributed by atoms with Gasteiger partial charge in [-0.25, -0.2) is 0 Å². The molecule has 0 spiro atoms. The van der Waals surface area contributed by atoms with Gasteiger partial charge >= 0.3 is 0 Å². The predicted octanol–water partition coefficient (Wildman–Crippen LogP) is 5.23. The molecule has 0 aliphatic carbocycles. The Balaban J connectivity index is 1.39. The molecule has 3 aromatic rings. The van der Waals surface area contributed by atoms with Gasteiger partial charge in [0, 0.05) is 36.7 Å². The summed E-state index contributed by atoms with van der Waals surface area (Å²) < 4.78 is 25.0. The molecule has 1 saturated heterocycles. The number of aromatic hydroxyl groups is 1. The summed E-state index contributed by atoms with van der Waals surface area (Å²) in [6, 6.07) is 20.9. The van der Waals surface area contributed by atoms with Crippen LogP contribution in [0.5, 0.6) is 17.2 Å². The van der Waals surface area contributed by atoms with Gasteiger partial charge in [-0.2, -0.15) is 0 Å². The van der Waals surface area contributed by atoms with Crippen LogP contribution in [0, 0.1) is 5.92 Å². The third kappa shape index (κ3) is 4.90. The van der Waals surface area contributed by atoms with Crippen molar-refractivity contribution in [1.82, 2.24) is 4.90 Å². The van der Waals surface area contributed by atoms with E-state index in [1.54, 1.807) is 18.2 Å². The summed E-state index contributed by atoms with van der Waals surface area (Å²) in [7, 11) is 0. The van der Waals surface area contributed by atoms with Crippen molar-refractivity contribution in [2.45, 2.75) is 19.6 Å². The fourth-order valence-electron chi connectivity index (χ4n) is 4.87. The molecule has 0 aromatic heterocycles. The minimum atomic E-state index is -0.353. The van der Waals surface area contributed by atoms with E-state index in [9.17, 15) is 14.6 Å². The highest BCUT2D eigenvalue weighted by Gasteiger charge is 2.30. The molecule has 35 heavy (non-hydrogen) atoms. The van der Waals surface area contributed by atoms with Gasteiger partial charge in [-0.3, -0.25) is 9.29 Å². The molecule has 0 saturated carbocycles. The first kappa shape index (κ1) is 23.4. The standard InChI is InChI=1S/C29H30FNO4/c1-19-26-14-24(33)7-10-27(26)35-29(28(19)23-4-2-3-20(13-23)18-32)22-5-8-25(9-6-22)34-12-11-31-16-21(15-30)17-31/h2-10,13-14,21,29,32-33H,11-12,15-18H2,1H3. The van der Waals surface area contributed by atoms with Crippen LogP contribution in [0.2, 0.25) is 0 Å². The summed E-state index contributed by atoms with van der Waals surface area (Å²) in [5, 5.41) is 19.7. The zero-order chi connectivity index (χ0) is 24.4. The molecule has 0 amide bonds. The zero-order valence-electron chi connectivity index (χ0n) is 19.8. The number of rotatable bonds is 8. The van der Waals surface area contributed by atoms with Crippen LogP contribution in [-0.2, 0) is 6.61 Å². The first-order valence-corrected chi connectivity index (χ1v) is 12.0. The lowest BCUT2D eigenvalue weighted by Gasteiger charge is -2.37. The third-order valence-electron chi connectivity index (χ3n) is 6.81. The number of aliphatic hydroxyl groups is 1. The minimum absolute atomic E-state index is 0.0407. The quantitative estimate of drug-likeness (QED) is 0.467. The van der Waals surface area contributed by atoms with E-state index in [-0.39, 0.29) is 31.1 Å². The fraction of sp³-hybridized carbons (Fsp3) is 0.310. The van der Waals surface area contributed by atoms with Gasteiger partial charge in [0.1, 0.15) is 30.0 Å². The van der Waals surface area contributed by atoms with Crippen LogP contribution >= 0.6 is 0 Å². The molecule has 2 aliphatic rings. The zero-order valence-corrected chi connectivity index (χ0v) is 19.8. The second-order valence-corrected chi connectivity index (χ2v) is 9.27. The van der Waals surface area contributed by atoms with E-state index in [1.165, 1.54) is 0 Å². The Kier molecular flexibility index (Phi) is 6.75. The monoisotopic (exact) mass is 475 g/mol. The first-order chi connectivity index (χ1) is 17.1. The van der Waals surface area contributed by atoms with E-state index < -0.39 is 0 Å². The number of benzene rings is 3. The Morgan fingerprint density at radius 2 is 1.86 bits per heavy atom. The predicted molar refractivity (Wildman–Crippen MR) is 134 cm³/mol. The van der Waals surface area contributed by atoms with E-state index in [2.05, 4.69) is 4.90 Å². The van der Waals surface area contributed by atoms with Crippen molar-refractivity contribution < 1.29 is 24.1 Å². The second kappa shape index (κ2) is 10.1. The van der Waals surface area contributed by atoms with Gasteiger partial charge in [-0.05, 0) is 65.6 Å². The number of allylic oxidation sites excluding steroid dienone is 1. The summed E-state index contributed by atoms with van der Waals surface area (Å²) >= 11 is 0. The number of phenols is 1. The van der Waals surface area contributed by atoms with E-state index >= 15 is 0 Å². The SMILES string of the molecule is CC1=C(c2cccc(CO)c2)C(c2ccc(OCCN3CC(CF)C3)cc2)Oc2ccc(O)cc21. The Morgan fingerprint density at radius 3 is 2.60 bits per heavy atom. The average Bonchev–Trinajstić information content (AvgIpc) is 2.86. The highest BCUT2D eigenvalue weighted by molar-refractivity contribution is 5.95. The highest BCUT2D eigenvalue weighted by atomic mass is 19.1. The lowest BCUT2D eigenvalue weighted by molar-refractivity contribution is 0.0668. The number of phenolic OH excluding ortho intramolecular Hbond substituents is 1. The van der Waals surface area contributed by atoms with E-state index in [4.69, 9.17) is 9.47 Å². The van der Waals surface area contributed by atoms with E-state index in [0.29, 0.717) is 12.4 Å². The lowest BCUT2D eigenvalue weighted by Crippen LogP contribution is -2.49. The molecular weight excluding hydrogens is 445 g/mol. The molecule has 3 aromatic carbocycles. The van der Waals surface area contributed by atoms with Gasteiger partial charge in [0.25, 0.3) is 0 Å². The molecule has 2 heterocycles. The Morgan fingerprint density at radius 1 is 1.06 bits per heavy atom. The van der Waals surface area contributed by atoms with Crippen molar-refractivity contribution in [3.63, 3.8) is 0 Å². The molecule has 1 unspecified atom stereocenters. The molecule has 0 bridgehead atoms. The number of fused-ring (bicyclic) bond motifs is 1. The van der Waals surface area contributed by atoms with Crippen molar-refractivity contribution in [3.8, 4) is 17.2 Å².